The second-order valence-corrected chi connectivity index (χ2v) is 42.0. The smallest absolute Gasteiger partial charge is 0.165 e. The summed E-state index contributed by atoms with van der Waals surface area (Å²) in [4.78, 5) is 67.0. The van der Waals surface area contributed by atoms with Gasteiger partial charge in [-0.25, -0.2) is 44.9 Å². The third-order valence-electron chi connectivity index (χ3n) is 31.0. The number of pyridine rings is 4. The average molecular weight is 1930 g/mol. The van der Waals surface area contributed by atoms with E-state index in [1.165, 1.54) is 184 Å². The lowest BCUT2D eigenvalue weighted by molar-refractivity contribution is 0.660. The molecule has 0 N–H and O–H groups in total. The zero-order chi connectivity index (χ0) is 97.0. The monoisotopic (exact) mass is 1930 g/mol. The standard InChI is InChI=1S/C51H33N3S.2C40H23N5S/c1-50(2)39-20-10-6-16-33(39)36-26-24-32(29-43(36)50)49-53-47(30-14-4-3-5-15-30)52-48(54-49)31-25-27-42-38(28-31)45-37-19-9-13-23-44(37)55-46(45)51(42)40-21-11-7-17-34(40)35-18-8-12-22-41(35)51;1-4-14-31-27(11-1)30-21-24(37-43-38(25-9-7-19-41-22-25)45-39(44-37)26-10-8-20-42-23-26)17-18-33(30)40(31)32-15-5-2-12-28(32)35-29-13-3-6-16-34(29)46-36(35)40;1-4-13-31-26(8-1)27-11-7-12-30(39-44-37(24-16-20-41-21-17-24)43-38(45-39)25-18-22-42-23-19-25)35(27)40(31)32-14-5-2-9-28(32)34-29-10-3-6-15-33(29)46-36(34)40/h3-29H,1-2H3;2*1-23H. The number of thiophene rings is 3. The minimum absolute atomic E-state index is 0.130. The number of hydrogen-bond acceptors (Lipinski definition) is 16. The highest BCUT2D eigenvalue weighted by Gasteiger charge is 2.58. The molecular weight excluding hydrogens is 1850 g/mol. The minimum Gasteiger partial charge on any atom is -0.265 e. The molecule has 7 aliphatic carbocycles. The lowest BCUT2D eigenvalue weighted by Gasteiger charge is -2.30. The normalized spacial score (nSPS) is 15.2. The minimum atomic E-state index is -0.515. The molecule has 2 atom stereocenters. The Morgan fingerprint density at radius 2 is 0.476 bits per heavy atom. The van der Waals surface area contributed by atoms with Gasteiger partial charge in [-0.1, -0.05) is 323 Å². The third-order valence-corrected chi connectivity index (χ3v) is 34.9. The zero-order valence-corrected chi connectivity index (χ0v) is 81.6. The number of benzene rings is 15. The lowest BCUT2D eigenvalue weighted by Crippen LogP contribution is -2.26. The van der Waals surface area contributed by atoms with E-state index in [2.05, 4.69) is 361 Å². The van der Waals surface area contributed by atoms with E-state index in [1.54, 1.807) is 49.6 Å². The van der Waals surface area contributed by atoms with Gasteiger partial charge in [0.15, 0.2) is 52.4 Å². The molecule has 0 saturated heterocycles. The van der Waals surface area contributed by atoms with Gasteiger partial charge in [0.1, 0.15) is 0 Å². The molecule has 0 bridgehead atoms. The average Bonchev–Trinajstić information content (AvgIpc) is 1.50. The molecule has 10 aromatic heterocycles. The van der Waals surface area contributed by atoms with Gasteiger partial charge in [0.25, 0.3) is 0 Å². The molecule has 0 radical (unpaired) electrons. The van der Waals surface area contributed by atoms with Gasteiger partial charge >= 0.3 is 0 Å². The maximum Gasteiger partial charge on any atom is 0.165 e. The Bertz CT molecular complexity index is 9660. The van der Waals surface area contributed by atoms with E-state index in [1.807, 2.05) is 101 Å². The molecule has 7 aliphatic rings. The number of hydrogen-bond donors (Lipinski definition) is 0. The molecular formula is C131H79N13S3. The molecule has 0 aliphatic heterocycles. The Morgan fingerprint density at radius 3 is 0.946 bits per heavy atom. The fourth-order valence-corrected chi connectivity index (χ4v) is 29.2. The van der Waals surface area contributed by atoms with E-state index in [-0.39, 0.29) is 10.8 Å². The Balaban J connectivity index is 0.000000103. The van der Waals surface area contributed by atoms with E-state index in [4.69, 9.17) is 44.9 Å². The summed E-state index contributed by atoms with van der Waals surface area (Å²) in [5.41, 5.74) is 39.4. The predicted octanol–water partition coefficient (Wildman–Crippen LogP) is 31.2. The topological polar surface area (TPSA) is 168 Å². The second kappa shape index (κ2) is 32.7. The van der Waals surface area contributed by atoms with Crippen LogP contribution in [0.15, 0.2) is 444 Å². The molecule has 686 valence electrons. The van der Waals surface area contributed by atoms with Crippen molar-refractivity contribution in [3.05, 3.63) is 520 Å². The number of fused-ring (bicyclic) bond motifs is 39. The highest BCUT2D eigenvalue weighted by molar-refractivity contribution is 7.21. The first-order valence-corrected chi connectivity index (χ1v) is 51.9. The molecule has 3 spiro atoms. The Labute approximate surface area is 858 Å². The van der Waals surface area contributed by atoms with Crippen LogP contribution in [0.3, 0.4) is 0 Å². The molecule has 0 fully saturated rings. The van der Waals surface area contributed by atoms with Crippen LogP contribution in [-0.4, -0.2) is 64.8 Å². The lowest BCUT2D eigenvalue weighted by atomic mass is 9.72. The molecule has 32 rings (SSSR count). The maximum absolute atomic E-state index is 5.29. The van der Waals surface area contributed by atoms with Crippen LogP contribution in [0.1, 0.15) is 89.7 Å². The maximum atomic E-state index is 5.29. The van der Waals surface area contributed by atoms with Crippen molar-refractivity contribution in [1.82, 2.24) is 64.8 Å². The van der Waals surface area contributed by atoms with Gasteiger partial charge in [0, 0.05) is 167 Å². The van der Waals surface area contributed by atoms with Crippen molar-refractivity contribution in [3.8, 4) is 180 Å². The van der Waals surface area contributed by atoms with Crippen molar-refractivity contribution in [2.24, 2.45) is 0 Å². The fourth-order valence-electron chi connectivity index (χ4n) is 24.9. The van der Waals surface area contributed by atoms with Crippen LogP contribution < -0.4 is 0 Å². The molecule has 15 aromatic carbocycles. The highest BCUT2D eigenvalue weighted by Crippen LogP contribution is 2.71. The molecule has 0 amide bonds. The molecule has 13 nitrogen and oxygen atoms in total. The summed E-state index contributed by atoms with van der Waals surface area (Å²) in [6, 6.07) is 142. The predicted molar refractivity (Wildman–Crippen MR) is 592 cm³/mol. The van der Waals surface area contributed by atoms with E-state index in [0.29, 0.717) is 52.4 Å². The number of rotatable bonds is 9. The second-order valence-electron chi connectivity index (χ2n) is 38.9. The van der Waals surface area contributed by atoms with Crippen molar-refractivity contribution in [1.29, 1.82) is 0 Å². The van der Waals surface area contributed by atoms with Crippen molar-refractivity contribution >= 4 is 64.3 Å². The van der Waals surface area contributed by atoms with Crippen LogP contribution in [0.4, 0.5) is 0 Å². The van der Waals surface area contributed by atoms with Crippen molar-refractivity contribution in [2.45, 2.75) is 35.5 Å². The van der Waals surface area contributed by atoms with Crippen LogP contribution in [0, 0.1) is 0 Å². The first-order valence-electron chi connectivity index (χ1n) is 49.4. The molecule has 2 unspecified atom stereocenters. The van der Waals surface area contributed by atoms with Crippen LogP contribution in [0.5, 0.6) is 0 Å². The van der Waals surface area contributed by atoms with Crippen LogP contribution in [0.25, 0.3) is 211 Å². The highest BCUT2D eigenvalue weighted by atomic mass is 32.1. The van der Waals surface area contributed by atoms with Crippen molar-refractivity contribution in [3.63, 3.8) is 0 Å². The Kier molecular flexibility index (Phi) is 18.8. The van der Waals surface area contributed by atoms with Crippen LogP contribution in [-0.2, 0) is 21.7 Å². The van der Waals surface area contributed by atoms with Crippen molar-refractivity contribution < 1.29 is 0 Å². The summed E-state index contributed by atoms with van der Waals surface area (Å²) in [6.07, 6.45) is 14.2. The fraction of sp³-hybridized carbons (Fsp3) is 0.0458. The van der Waals surface area contributed by atoms with Gasteiger partial charge in [-0.05, 0) is 207 Å². The number of aromatic nitrogens is 13. The van der Waals surface area contributed by atoms with Gasteiger partial charge in [-0.15, -0.1) is 34.0 Å². The molecule has 10 heterocycles. The summed E-state index contributed by atoms with van der Waals surface area (Å²) in [5, 5.41) is 3.92. The molecule has 0 saturated carbocycles. The van der Waals surface area contributed by atoms with Gasteiger partial charge < -0.3 is 0 Å². The molecule has 147 heavy (non-hydrogen) atoms. The quantitative estimate of drug-likeness (QED) is 0.134. The summed E-state index contributed by atoms with van der Waals surface area (Å²) >= 11 is 5.76. The summed E-state index contributed by atoms with van der Waals surface area (Å²) in [5.74, 6) is 5.64. The summed E-state index contributed by atoms with van der Waals surface area (Å²) in [7, 11) is 0. The molecule has 25 aromatic rings. The van der Waals surface area contributed by atoms with Gasteiger partial charge in [-0.3, -0.25) is 19.9 Å². The van der Waals surface area contributed by atoms with E-state index >= 15 is 0 Å². The third kappa shape index (κ3) is 12.3. The zero-order valence-electron chi connectivity index (χ0n) is 79.2. The van der Waals surface area contributed by atoms with Crippen LogP contribution in [0.2, 0.25) is 0 Å². The van der Waals surface area contributed by atoms with E-state index in [0.717, 1.165) is 50.1 Å². The van der Waals surface area contributed by atoms with E-state index in [9.17, 15) is 0 Å². The van der Waals surface area contributed by atoms with Crippen molar-refractivity contribution in [2.75, 3.05) is 0 Å². The number of nitrogens with zero attached hydrogens (tertiary/aromatic N) is 13. The van der Waals surface area contributed by atoms with Crippen LogP contribution >= 0.6 is 34.0 Å². The first-order chi connectivity index (χ1) is 72.6. The molecule has 16 heteroatoms. The van der Waals surface area contributed by atoms with Gasteiger partial charge in [-0.2, -0.15) is 0 Å². The van der Waals surface area contributed by atoms with Gasteiger partial charge in [0.2, 0.25) is 0 Å². The summed E-state index contributed by atoms with van der Waals surface area (Å²) < 4.78 is 3.92. The Morgan fingerprint density at radius 1 is 0.177 bits per heavy atom. The largest absolute Gasteiger partial charge is 0.265 e. The van der Waals surface area contributed by atoms with E-state index < -0.39 is 10.8 Å². The van der Waals surface area contributed by atoms with Gasteiger partial charge in [0.05, 0.1) is 16.2 Å². The Hall–Kier alpha value is -18.2. The SMILES string of the molecule is CC1(C)c2ccccc2-c2ccc(-c3nc(-c4ccccc4)nc(-c4ccc5c(c4)-c4c(sc6ccccc46)C54c5ccccc5-c5ccccc54)n3)cc21.c1ccc2c(c1)-c1cccc(-c3nc(-c4ccncc4)nc(-c4ccncc4)n3)c1C21c2ccccc2-c2c1sc1ccccc21.c1cncc(-c2nc(-c3cccnc3)nc(-c3ccc4c(c3)-c3ccccc3C43c4ccccc4-c4c3sc3ccccc43)n2)c1. The first kappa shape index (κ1) is 84.5. The summed E-state index contributed by atoms with van der Waals surface area (Å²) in [6.45, 7) is 4.63.